The Morgan fingerprint density at radius 2 is 2.33 bits per heavy atom. The highest BCUT2D eigenvalue weighted by atomic mass is 32.2. The van der Waals surface area contributed by atoms with E-state index in [-0.39, 0.29) is 11.2 Å². The van der Waals surface area contributed by atoms with E-state index in [1.807, 2.05) is 6.92 Å². The van der Waals surface area contributed by atoms with Crippen LogP contribution in [0, 0.1) is 6.92 Å². The van der Waals surface area contributed by atoms with Gasteiger partial charge in [-0.3, -0.25) is 4.79 Å². The van der Waals surface area contributed by atoms with Crippen molar-refractivity contribution >= 4 is 29.0 Å². The third-order valence-corrected chi connectivity index (χ3v) is 4.42. The van der Waals surface area contributed by atoms with Gasteiger partial charge in [-0.2, -0.15) is 0 Å². The molecule has 0 aliphatic carbocycles. The van der Waals surface area contributed by atoms with Crippen molar-refractivity contribution in [1.82, 2.24) is 15.5 Å². The lowest BCUT2D eigenvalue weighted by atomic mass is 10.2. The zero-order valence-electron chi connectivity index (χ0n) is 8.52. The predicted molar refractivity (Wildman–Crippen MR) is 61.2 cm³/mol. The molecule has 1 atom stereocenters. The molecule has 1 aliphatic heterocycles. The van der Waals surface area contributed by atoms with E-state index in [4.69, 9.17) is 0 Å². The lowest BCUT2D eigenvalue weighted by Gasteiger charge is -2.09. The standard InChI is InChI=1S/C9H13N3OS2/c1-6-11-12-9(14-6)15-7-4-2-3-5-10-8(7)13/h7H,2-5H2,1H3,(H,10,13). The summed E-state index contributed by atoms with van der Waals surface area (Å²) in [6.07, 6.45) is 3.13. The Balaban J connectivity index is 2.00. The number of amides is 1. The molecule has 15 heavy (non-hydrogen) atoms. The quantitative estimate of drug-likeness (QED) is 0.857. The van der Waals surface area contributed by atoms with Crippen LogP contribution in [0.2, 0.25) is 0 Å². The summed E-state index contributed by atoms with van der Waals surface area (Å²) >= 11 is 3.09. The topological polar surface area (TPSA) is 54.9 Å². The summed E-state index contributed by atoms with van der Waals surface area (Å²) in [4.78, 5) is 11.6. The highest BCUT2D eigenvalue weighted by Gasteiger charge is 2.22. The number of rotatable bonds is 2. The van der Waals surface area contributed by atoms with Crippen LogP contribution in [0.4, 0.5) is 0 Å². The number of aromatic nitrogens is 2. The molecule has 2 heterocycles. The van der Waals surface area contributed by atoms with Crippen molar-refractivity contribution in [3.05, 3.63) is 5.01 Å². The lowest BCUT2D eigenvalue weighted by molar-refractivity contribution is -0.120. The Morgan fingerprint density at radius 3 is 3.07 bits per heavy atom. The molecule has 0 radical (unpaired) electrons. The van der Waals surface area contributed by atoms with E-state index in [2.05, 4.69) is 15.5 Å². The van der Waals surface area contributed by atoms with Gasteiger partial charge in [0.15, 0.2) is 4.34 Å². The van der Waals surface area contributed by atoms with Gasteiger partial charge in [-0.25, -0.2) is 0 Å². The van der Waals surface area contributed by atoms with Gasteiger partial charge in [-0.05, 0) is 19.8 Å². The maximum absolute atomic E-state index is 11.6. The van der Waals surface area contributed by atoms with E-state index >= 15 is 0 Å². The second-order valence-corrected chi connectivity index (χ2v) is 6.11. The number of carbonyl (C=O) groups is 1. The van der Waals surface area contributed by atoms with Crippen LogP contribution in [0.5, 0.6) is 0 Å². The first-order valence-corrected chi connectivity index (χ1v) is 6.70. The highest BCUT2D eigenvalue weighted by Crippen LogP contribution is 2.29. The minimum atomic E-state index is 0.0137. The summed E-state index contributed by atoms with van der Waals surface area (Å²) in [6, 6.07) is 0. The molecule has 6 heteroatoms. The molecule has 1 aromatic rings. The van der Waals surface area contributed by atoms with Gasteiger partial charge in [0.05, 0.1) is 5.25 Å². The number of nitrogens with zero attached hydrogens (tertiary/aromatic N) is 2. The van der Waals surface area contributed by atoms with E-state index in [9.17, 15) is 4.79 Å². The molecule has 1 fully saturated rings. The Hall–Kier alpha value is -0.620. The number of thioether (sulfide) groups is 1. The second kappa shape index (κ2) is 4.94. The monoisotopic (exact) mass is 243 g/mol. The molecular weight excluding hydrogens is 230 g/mol. The molecule has 1 saturated heterocycles. The Bertz CT molecular complexity index is 353. The van der Waals surface area contributed by atoms with E-state index in [1.165, 1.54) is 11.8 Å². The summed E-state index contributed by atoms with van der Waals surface area (Å²) in [7, 11) is 0. The van der Waals surface area contributed by atoms with Crippen molar-refractivity contribution in [2.75, 3.05) is 6.54 Å². The molecule has 0 saturated carbocycles. The van der Waals surface area contributed by atoms with Crippen molar-refractivity contribution in [2.45, 2.75) is 35.8 Å². The normalized spacial score (nSPS) is 22.2. The summed E-state index contributed by atoms with van der Waals surface area (Å²) in [5.74, 6) is 0.144. The smallest absolute Gasteiger partial charge is 0.233 e. The third kappa shape index (κ3) is 2.92. The number of nitrogens with one attached hydrogen (secondary N) is 1. The van der Waals surface area contributed by atoms with Gasteiger partial charge < -0.3 is 5.32 Å². The fourth-order valence-electron chi connectivity index (χ4n) is 1.47. The van der Waals surface area contributed by atoms with E-state index < -0.39 is 0 Å². The van der Waals surface area contributed by atoms with Crippen LogP contribution in [0.3, 0.4) is 0 Å². The maximum Gasteiger partial charge on any atom is 0.233 e. The molecule has 0 spiro atoms. The Morgan fingerprint density at radius 1 is 1.47 bits per heavy atom. The fourth-order valence-corrected chi connectivity index (χ4v) is 3.60. The number of carbonyl (C=O) groups excluding carboxylic acids is 1. The van der Waals surface area contributed by atoms with Gasteiger partial charge >= 0.3 is 0 Å². The van der Waals surface area contributed by atoms with Crippen LogP contribution in [0.25, 0.3) is 0 Å². The molecule has 2 rings (SSSR count). The predicted octanol–water partition coefficient (Wildman–Crippen LogP) is 1.61. The molecular formula is C9H13N3OS2. The number of hydrogen-bond acceptors (Lipinski definition) is 5. The zero-order chi connectivity index (χ0) is 10.7. The molecule has 0 bridgehead atoms. The average Bonchev–Trinajstić information content (AvgIpc) is 2.50. The molecule has 4 nitrogen and oxygen atoms in total. The summed E-state index contributed by atoms with van der Waals surface area (Å²) in [5.41, 5.74) is 0. The van der Waals surface area contributed by atoms with Crippen LogP contribution >= 0.6 is 23.1 Å². The lowest BCUT2D eigenvalue weighted by Crippen LogP contribution is -2.30. The zero-order valence-corrected chi connectivity index (χ0v) is 10.2. The fraction of sp³-hybridized carbons (Fsp3) is 0.667. The van der Waals surface area contributed by atoms with Crippen LogP contribution in [-0.2, 0) is 4.79 Å². The summed E-state index contributed by atoms with van der Waals surface area (Å²) < 4.78 is 0.898. The highest BCUT2D eigenvalue weighted by molar-refractivity contribution is 8.02. The van der Waals surface area contributed by atoms with Crippen LogP contribution < -0.4 is 5.32 Å². The van der Waals surface area contributed by atoms with Gasteiger partial charge in [-0.1, -0.05) is 29.5 Å². The molecule has 1 amide bonds. The molecule has 82 valence electrons. The maximum atomic E-state index is 11.6. The van der Waals surface area contributed by atoms with Crippen molar-refractivity contribution in [2.24, 2.45) is 0 Å². The minimum Gasteiger partial charge on any atom is -0.355 e. The first-order valence-electron chi connectivity index (χ1n) is 5.00. The number of hydrogen-bond donors (Lipinski definition) is 1. The third-order valence-electron chi connectivity index (χ3n) is 2.24. The van der Waals surface area contributed by atoms with Gasteiger partial charge in [0.25, 0.3) is 0 Å². The van der Waals surface area contributed by atoms with Crippen molar-refractivity contribution in [3.8, 4) is 0 Å². The first-order chi connectivity index (χ1) is 7.25. The van der Waals surface area contributed by atoms with Gasteiger partial charge in [0, 0.05) is 6.54 Å². The summed E-state index contributed by atoms with van der Waals surface area (Å²) in [5, 5.41) is 11.9. The first kappa shape index (κ1) is 10.9. The van der Waals surface area contributed by atoms with E-state index in [0.29, 0.717) is 0 Å². The SMILES string of the molecule is Cc1nnc(SC2CCCCNC2=O)s1. The molecule has 1 unspecified atom stereocenters. The number of aryl methyl sites for hydroxylation is 1. The van der Waals surface area contributed by atoms with Crippen LogP contribution in [0.1, 0.15) is 24.3 Å². The second-order valence-electron chi connectivity index (χ2n) is 3.48. The van der Waals surface area contributed by atoms with Crippen molar-refractivity contribution < 1.29 is 4.79 Å². The van der Waals surface area contributed by atoms with Gasteiger partial charge in [0.1, 0.15) is 5.01 Å². The van der Waals surface area contributed by atoms with Crippen LogP contribution in [-0.4, -0.2) is 27.9 Å². The molecule has 1 aliphatic rings. The average molecular weight is 243 g/mol. The van der Waals surface area contributed by atoms with Gasteiger partial charge in [-0.15, -0.1) is 10.2 Å². The molecule has 1 aromatic heterocycles. The summed E-state index contributed by atoms with van der Waals surface area (Å²) in [6.45, 7) is 2.74. The van der Waals surface area contributed by atoms with E-state index in [1.54, 1.807) is 11.3 Å². The Labute approximate surface area is 96.9 Å². The minimum absolute atomic E-state index is 0.0137. The molecule has 0 aromatic carbocycles. The molecule has 1 N–H and O–H groups in total. The largest absolute Gasteiger partial charge is 0.355 e. The van der Waals surface area contributed by atoms with E-state index in [0.717, 1.165) is 35.2 Å². The van der Waals surface area contributed by atoms with Crippen molar-refractivity contribution in [3.63, 3.8) is 0 Å². The van der Waals surface area contributed by atoms with Gasteiger partial charge in [0.2, 0.25) is 5.91 Å². The van der Waals surface area contributed by atoms with Crippen LogP contribution in [0.15, 0.2) is 4.34 Å². The van der Waals surface area contributed by atoms with Crippen molar-refractivity contribution in [1.29, 1.82) is 0 Å². The Kier molecular flexibility index (Phi) is 3.58.